The molecule has 22 heavy (non-hydrogen) atoms. The Bertz CT molecular complexity index is 576. The maximum Gasteiger partial charge on any atom is 0.416 e. The molecule has 0 fully saturated rings. The standard InChI is InChI=1S/C14H14F3NOS.C2H6/c1-2-12-11(7-8-19)18-13(20-12)9-3-5-10(6-4-9)14(15,16)17;1-2/h3-6,19H,2,7-8H2,1H3;1-2H3. The molecule has 6 heteroatoms. The summed E-state index contributed by atoms with van der Waals surface area (Å²) in [6.45, 7) is 6.01. The number of aromatic nitrogens is 1. The topological polar surface area (TPSA) is 33.1 Å². The number of alkyl halides is 3. The van der Waals surface area contributed by atoms with Gasteiger partial charge in [0.2, 0.25) is 0 Å². The molecule has 0 aliphatic heterocycles. The van der Waals surface area contributed by atoms with Crippen LogP contribution in [0.3, 0.4) is 0 Å². The third kappa shape index (κ3) is 4.55. The second kappa shape index (κ2) is 8.29. The average molecular weight is 331 g/mol. The van der Waals surface area contributed by atoms with E-state index in [1.54, 1.807) is 0 Å². The van der Waals surface area contributed by atoms with Crippen molar-refractivity contribution in [1.82, 2.24) is 4.98 Å². The summed E-state index contributed by atoms with van der Waals surface area (Å²) in [5, 5.41) is 9.68. The Kier molecular flexibility index (Phi) is 7.03. The summed E-state index contributed by atoms with van der Waals surface area (Å²) < 4.78 is 37.5. The van der Waals surface area contributed by atoms with Crippen LogP contribution in [-0.4, -0.2) is 16.7 Å². The first-order valence-electron chi connectivity index (χ1n) is 7.22. The number of rotatable bonds is 4. The predicted molar refractivity (Wildman–Crippen MR) is 84.1 cm³/mol. The number of thiazole rings is 1. The lowest BCUT2D eigenvalue weighted by Crippen LogP contribution is -2.03. The Morgan fingerprint density at radius 3 is 2.18 bits per heavy atom. The average Bonchev–Trinajstić information content (AvgIpc) is 2.92. The first-order chi connectivity index (χ1) is 10.5. The van der Waals surface area contributed by atoms with Crippen molar-refractivity contribution in [1.29, 1.82) is 0 Å². The van der Waals surface area contributed by atoms with Crippen LogP contribution in [0.15, 0.2) is 24.3 Å². The smallest absolute Gasteiger partial charge is 0.396 e. The van der Waals surface area contributed by atoms with Crippen LogP contribution in [0.5, 0.6) is 0 Å². The molecule has 0 saturated carbocycles. The van der Waals surface area contributed by atoms with Crippen molar-refractivity contribution in [2.45, 2.75) is 39.8 Å². The fourth-order valence-corrected chi connectivity index (χ4v) is 2.94. The number of hydrogen-bond acceptors (Lipinski definition) is 3. The lowest BCUT2D eigenvalue weighted by molar-refractivity contribution is -0.137. The van der Waals surface area contributed by atoms with E-state index in [9.17, 15) is 13.2 Å². The van der Waals surface area contributed by atoms with Gasteiger partial charge in [0.05, 0.1) is 11.3 Å². The van der Waals surface area contributed by atoms with Gasteiger partial charge < -0.3 is 5.11 Å². The van der Waals surface area contributed by atoms with Gasteiger partial charge in [-0.2, -0.15) is 13.2 Å². The number of nitrogens with zero attached hydrogens (tertiary/aromatic N) is 1. The van der Waals surface area contributed by atoms with Gasteiger partial charge in [0.25, 0.3) is 0 Å². The van der Waals surface area contributed by atoms with Crippen LogP contribution in [0.4, 0.5) is 13.2 Å². The summed E-state index contributed by atoms with van der Waals surface area (Å²) in [6.07, 6.45) is -3.05. The molecule has 0 saturated heterocycles. The van der Waals surface area contributed by atoms with Crippen LogP contribution in [0.2, 0.25) is 0 Å². The van der Waals surface area contributed by atoms with Crippen molar-refractivity contribution < 1.29 is 18.3 Å². The highest BCUT2D eigenvalue weighted by Crippen LogP contribution is 2.33. The highest BCUT2D eigenvalue weighted by molar-refractivity contribution is 7.15. The molecule has 0 spiro atoms. The number of hydrogen-bond donors (Lipinski definition) is 1. The highest BCUT2D eigenvalue weighted by atomic mass is 32.1. The summed E-state index contributed by atoms with van der Waals surface area (Å²) >= 11 is 1.46. The molecule has 0 aliphatic carbocycles. The molecule has 0 amide bonds. The van der Waals surface area contributed by atoms with Crippen molar-refractivity contribution in [3.63, 3.8) is 0 Å². The third-order valence-corrected chi connectivity index (χ3v) is 4.20. The minimum absolute atomic E-state index is 0.0170. The molecule has 2 aromatic rings. The van der Waals surface area contributed by atoms with E-state index in [4.69, 9.17) is 5.11 Å². The van der Waals surface area contributed by atoms with Crippen molar-refractivity contribution in [3.05, 3.63) is 40.4 Å². The zero-order valence-electron chi connectivity index (χ0n) is 12.9. The second-order valence-electron chi connectivity index (χ2n) is 4.29. The fraction of sp³-hybridized carbons (Fsp3) is 0.438. The van der Waals surface area contributed by atoms with Crippen LogP contribution in [0.1, 0.15) is 36.9 Å². The molecule has 2 rings (SSSR count). The number of aliphatic hydroxyl groups is 1. The lowest BCUT2D eigenvalue weighted by atomic mass is 10.1. The normalized spacial score (nSPS) is 11.0. The van der Waals surface area contributed by atoms with Gasteiger partial charge in [0.1, 0.15) is 5.01 Å². The Balaban J connectivity index is 0.00000116. The molecule has 0 unspecified atom stereocenters. The van der Waals surface area contributed by atoms with E-state index in [1.165, 1.54) is 23.5 Å². The molecule has 0 bridgehead atoms. The molecular weight excluding hydrogens is 311 g/mol. The molecule has 1 heterocycles. The predicted octanol–water partition coefficient (Wildman–Crippen LogP) is 4.95. The van der Waals surface area contributed by atoms with Gasteiger partial charge in [0.15, 0.2) is 0 Å². The number of halogens is 3. The third-order valence-electron chi connectivity index (χ3n) is 2.91. The first-order valence-corrected chi connectivity index (χ1v) is 8.04. The van der Waals surface area contributed by atoms with Crippen LogP contribution in [0, 0.1) is 0 Å². The summed E-state index contributed by atoms with van der Waals surface area (Å²) in [5.74, 6) is 0. The molecule has 0 atom stereocenters. The van der Waals surface area contributed by atoms with Gasteiger partial charge >= 0.3 is 6.18 Å². The summed E-state index contributed by atoms with van der Waals surface area (Å²) in [7, 11) is 0. The van der Waals surface area contributed by atoms with Crippen LogP contribution in [0.25, 0.3) is 10.6 Å². The Morgan fingerprint density at radius 1 is 1.14 bits per heavy atom. The van der Waals surface area contributed by atoms with Gasteiger partial charge in [-0.25, -0.2) is 4.98 Å². The van der Waals surface area contributed by atoms with E-state index in [-0.39, 0.29) is 6.61 Å². The van der Waals surface area contributed by atoms with Gasteiger partial charge in [-0.05, 0) is 18.6 Å². The molecular formula is C16H20F3NOS. The Labute approximate surface area is 132 Å². The molecule has 2 nitrogen and oxygen atoms in total. The number of aliphatic hydroxyl groups excluding tert-OH is 1. The van der Waals surface area contributed by atoms with E-state index in [2.05, 4.69) is 4.98 Å². The van der Waals surface area contributed by atoms with Gasteiger partial charge in [-0.1, -0.05) is 32.9 Å². The van der Waals surface area contributed by atoms with Gasteiger partial charge in [-0.3, -0.25) is 0 Å². The van der Waals surface area contributed by atoms with E-state index in [0.717, 1.165) is 29.1 Å². The summed E-state index contributed by atoms with van der Waals surface area (Å²) in [5.41, 5.74) is 0.834. The zero-order chi connectivity index (χ0) is 16.8. The Hall–Kier alpha value is -1.40. The minimum Gasteiger partial charge on any atom is -0.396 e. The monoisotopic (exact) mass is 331 g/mol. The maximum absolute atomic E-state index is 12.5. The van der Waals surface area contributed by atoms with Crippen LogP contribution in [-0.2, 0) is 19.0 Å². The molecule has 0 aliphatic rings. The lowest BCUT2D eigenvalue weighted by Gasteiger charge is -2.06. The number of benzene rings is 1. The zero-order valence-corrected chi connectivity index (χ0v) is 13.7. The second-order valence-corrected chi connectivity index (χ2v) is 5.37. The van der Waals surface area contributed by atoms with E-state index < -0.39 is 11.7 Å². The van der Waals surface area contributed by atoms with E-state index in [0.29, 0.717) is 17.0 Å². The van der Waals surface area contributed by atoms with E-state index in [1.807, 2.05) is 20.8 Å². The molecule has 1 aromatic carbocycles. The first kappa shape index (κ1) is 18.6. The van der Waals surface area contributed by atoms with E-state index >= 15 is 0 Å². The SMILES string of the molecule is CC.CCc1sc(-c2ccc(C(F)(F)F)cc2)nc1CCO. The Morgan fingerprint density at radius 2 is 1.73 bits per heavy atom. The van der Waals surface area contributed by atoms with Crippen molar-refractivity contribution in [2.75, 3.05) is 6.61 Å². The highest BCUT2D eigenvalue weighted by Gasteiger charge is 2.30. The summed E-state index contributed by atoms with van der Waals surface area (Å²) in [4.78, 5) is 5.47. The molecule has 1 N–H and O–H groups in total. The fourth-order valence-electron chi connectivity index (χ4n) is 1.89. The summed E-state index contributed by atoms with van der Waals surface area (Å²) in [6, 6.07) is 5.00. The molecule has 1 aromatic heterocycles. The number of aryl methyl sites for hydroxylation is 1. The van der Waals surface area contributed by atoms with Crippen LogP contribution >= 0.6 is 11.3 Å². The van der Waals surface area contributed by atoms with Gasteiger partial charge in [0, 0.05) is 23.5 Å². The van der Waals surface area contributed by atoms with Crippen molar-refractivity contribution in [3.8, 4) is 10.6 Å². The van der Waals surface area contributed by atoms with Crippen molar-refractivity contribution >= 4 is 11.3 Å². The van der Waals surface area contributed by atoms with Gasteiger partial charge in [-0.15, -0.1) is 11.3 Å². The largest absolute Gasteiger partial charge is 0.416 e. The van der Waals surface area contributed by atoms with Crippen LogP contribution < -0.4 is 0 Å². The maximum atomic E-state index is 12.5. The molecule has 122 valence electrons. The quantitative estimate of drug-likeness (QED) is 0.859. The minimum atomic E-state index is -4.32. The van der Waals surface area contributed by atoms with Crippen molar-refractivity contribution in [2.24, 2.45) is 0 Å². The molecule has 0 radical (unpaired) electrons.